The minimum atomic E-state index is -0.299. The number of nitrogens with zero attached hydrogens (tertiary/aromatic N) is 3. The van der Waals surface area contributed by atoms with Crippen LogP contribution in [0, 0.1) is 0 Å². The Morgan fingerprint density at radius 2 is 2.00 bits per heavy atom. The van der Waals surface area contributed by atoms with Gasteiger partial charge in [-0.25, -0.2) is 0 Å². The molecular formula is C13H20N4O4. The number of carbonyl (C=O) groups excluding carboxylic acids is 2. The molecule has 0 saturated carbocycles. The van der Waals surface area contributed by atoms with Gasteiger partial charge in [-0.05, 0) is 12.1 Å². The normalized spacial score (nSPS) is 10.0. The van der Waals surface area contributed by atoms with Gasteiger partial charge in [0, 0.05) is 27.2 Å². The lowest BCUT2D eigenvalue weighted by Crippen LogP contribution is -2.31. The van der Waals surface area contributed by atoms with Crippen molar-refractivity contribution in [1.29, 1.82) is 0 Å². The van der Waals surface area contributed by atoms with Crippen molar-refractivity contribution < 1.29 is 19.1 Å². The van der Waals surface area contributed by atoms with Crippen molar-refractivity contribution >= 4 is 17.7 Å². The van der Waals surface area contributed by atoms with Gasteiger partial charge >= 0.3 is 5.97 Å². The molecule has 21 heavy (non-hydrogen) atoms. The first-order valence-corrected chi connectivity index (χ1v) is 6.49. The first kappa shape index (κ1) is 16.8. The van der Waals surface area contributed by atoms with Gasteiger partial charge in [-0.15, -0.1) is 10.2 Å². The summed E-state index contributed by atoms with van der Waals surface area (Å²) in [5.74, 6) is -0.0250. The number of carbonyl (C=O) groups is 2. The highest BCUT2D eigenvalue weighted by atomic mass is 16.5. The molecule has 1 rings (SSSR count). The Labute approximate surface area is 123 Å². The van der Waals surface area contributed by atoms with Crippen molar-refractivity contribution in [1.82, 2.24) is 15.5 Å². The number of amides is 1. The van der Waals surface area contributed by atoms with E-state index in [4.69, 9.17) is 4.74 Å². The summed E-state index contributed by atoms with van der Waals surface area (Å²) < 4.78 is 9.66. The van der Waals surface area contributed by atoms with Crippen molar-refractivity contribution in [2.45, 2.75) is 6.42 Å². The fraction of sp³-hybridized carbons (Fsp3) is 0.538. The maximum absolute atomic E-state index is 11.4. The van der Waals surface area contributed by atoms with Crippen LogP contribution in [0.3, 0.4) is 0 Å². The Morgan fingerprint density at radius 1 is 1.24 bits per heavy atom. The van der Waals surface area contributed by atoms with Gasteiger partial charge in [-0.2, -0.15) is 0 Å². The van der Waals surface area contributed by atoms with Gasteiger partial charge in [0.25, 0.3) is 5.91 Å². The number of esters is 1. The highest BCUT2D eigenvalue weighted by Gasteiger charge is 2.13. The molecule has 1 aromatic heterocycles. The average Bonchev–Trinajstić information content (AvgIpc) is 2.54. The van der Waals surface area contributed by atoms with E-state index in [-0.39, 0.29) is 24.0 Å². The van der Waals surface area contributed by atoms with Crippen LogP contribution >= 0.6 is 0 Å². The highest BCUT2D eigenvalue weighted by Crippen LogP contribution is 2.10. The molecule has 1 heterocycles. The van der Waals surface area contributed by atoms with Gasteiger partial charge in [-0.1, -0.05) is 0 Å². The van der Waals surface area contributed by atoms with Crippen LogP contribution in [0.15, 0.2) is 12.1 Å². The number of aromatic nitrogens is 2. The van der Waals surface area contributed by atoms with Gasteiger partial charge in [0.05, 0.1) is 20.1 Å². The van der Waals surface area contributed by atoms with Crippen molar-refractivity contribution in [3.8, 4) is 0 Å². The molecule has 0 radical (unpaired) electrons. The lowest BCUT2D eigenvalue weighted by molar-refractivity contribution is -0.140. The second-order valence-corrected chi connectivity index (χ2v) is 4.16. The molecule has 116 valence electrons. The van der Waals surface area contributed by atoms with Gasteiger partial charge in [0.15, 0.2) is 11.5 Å². The Bertz CT molecular complexity index is 464. The quantitative estimate of drug-likeness (QED) is 0.667. The summed E-state index contributed by atoms with van der Waals surface area (Å²) in [6, 6.07) is 3.27. The minimum Gasteiger partial charge on any atom is -0.469 e. The molecule has 0 saturated heterocycles. The predicted octanol–water partition coefficient (Wildman–Crippen LogP) is -0.148. The lowest BCUT2D eigenvalue weighted by Gasteiger charge is -2.22. The molecule has 0 aliphatic carbocycles. The third-order valence-electron chi connectivity index (χ3n) is 2.81. The summed E-state index contributed by atoms with van der Waals surface area (Å²) in [7, 11) is 4.47. The summed E-state index contributed by atoms with van der Waals surface area (Å²) in [4.78, 5) is 24.5. The Morgan fingerprint density at radius 3 is 2.52 bits per heavy atom. The van der Waals surface area contributed by atoms with Gasteiger partial charge in [0.1, 0.15) is 0 Å². The van der Waals surface area contributed by atoms with E-state index in [0.29, 0.717) is 25.5 Å². The van der Waals surface area contributed by atoms with Crippen LogP contribution in [0.5, 0.6) is 0 Å². The van der Waals surface area contributed by atoms with Crippen molar-refractivity contribution in [3.05, 3.63) is 17.8 Å². The van der Waals surface area contributed by atoms with Crippen LogP contribution in [0.2, 0.25) is 0 Å². The molecule has 0 aliphatic heterocycles. The second kappa shape index (κ2) is 8.85. The maximum atomic E-state index is 11.4. The van der Waals surface area contributed by atoms with E-state index in [0.717, 1.165) is 0 Å². The fourth-order valence-electron chi connectivity index (χ4n) is 1.61. The topological polar surface area (TPSA) is 93.7 Å². The molecule has 0 unspecified atom stereocenters. The number of hydrogen-bond acceptors (Lipinski definition) is 7. The summed E-state index contributed by atoms with van der Waals surface area (Å²) in [5, 5.41) is 10.4. The van der Waals surface area contributed by atoms with E-state index in [1.54, 1.807) is 19.2 Å². The molecule has 0 aromatic carbocycles. The van der Waals surface area contributed by atoms with E-state index in [9.17, 15) is 9.59 Å². The molecule has 0 fully saturated rings. The Hall–Kier alpha value is -2.22. The van der Waals surface area contributed by atoms with Gasteiger partial charge < -0.3 is 19.7 Å². The molecule has 1 aromatic rings. The lowest BCUT2D eigenvalue weighted by atomic mass is 10.3. The molecule has 0 spiro atoms. The summed E-state index contributed by atoms with van der Waals surface area (Å²) >= 11 is 0. The summed E-state index contributed by atoms with van der Waals surface area (Å²) in [6.07, 6.45) is 0.235. The van der Waals surface area contributed by atoms with E-state index in [1.807, 2.05) is 4.90 Å². The number of hydrogen-bond donors (Lipinski definition) is 1. The van der Waals surface area contributed by atoms with E-state index >= 15 is 0 Å². The van der Waals surface area contributed by atoms with E-state index in [1.165, 1.54) is 14.2 Å². The van der Waals surface area contributed by atoms with Gasteiger partial charge in [-0.3, -0.25) is 9.59 Å². The van der Waals surface area contributed by atoms with Crippen molar-refractivity contribution in [2.24, 2.45) is 0 Å². The summed E-state index contributed by atoms with van der Waals surface area (Å²) in [6.45, 7) is 1.48. The third kappa shape index (κ3) is 5.35. The largest absolute Gasteiger partial charge is 0.469 e. The van der Waals surface area contributed by atoms with E-state index in [2.05, 4.69) is 20.3 Å². The first-order valence-electron chi connectivity index (χ1n) is 6.49. The zero-order valence-corrected chi connectivity index (χ0v) is 12.5. The van der Waals surface area contributed by atoms with Crippen molar-refractivity contribution in [3.63, 3.8) is 0 Å². The average molecular weight is 296 g/mol. The third-order valence-corrected chi connectivity index (χ3v) is 2.81. The molecule has 1 amide bonds. The Kier molecular flexibility index (Phi) is 7.10. The van der Waals surface area contributed by atoms with Crippen molar-refractivity contribution in [2.75, 3.05) is 45.9 Å². The molecule has 0 atom stereocenters. The smallest absolute Gasteiger partial charge is 0.307 e. The standard InChI is InChI=1S/C13H20N4O4/c1-14-13(19)10-4-5-11(16-15-10)17(8-9-20-2)7-6-12(18)21-3/h4-5H,6-9H2,1-3H3,(H,14,19). The molecule has 0 aliphatic rings. The molecule has 8 heteroatoms. The predicted molar refractivity (Wildman–Crippen MR) is 76.1 cm³/mol. The Balaban J connectivity index is 2.76. The second-order valence-electron chi connectivity index (χ2n) is 4.16. The number of methoxy groups -OCH3 is 2. The highest BCUT2D eigenvalue weighted by molar-refractivity contribution is 5.91. The SMILES string of the molecule is CNC(=O)c1ccc(N(CCOC)CCC(=O)OC)nn1. The number of ether oxygens (including phenoxy) is 2. The van der Waals surface area contributed by atoms with E-state index < -0.39 is 0 Å². The minimum absolute atomic E-state index is 0.235. The zero-order chi connectivity index (χ0) is 15.7. The summed E-state index contributed by atoms with van der Waals surface area (Å²) in [5.41, 5.74) is 0.237. The molecule has 8 nitrogen and oxygen atoms in total. The van der Waals surface area contributed by atoms with Crippen LogP contribution in [-0.4, -0.2) is 63.0 Å². The van der Waals surface area contributed by atoms with Crippen LogP contribution in [0.1, 0.15) is 16.9 Å². The first-order chi connectivity index (χ1) is 10.1. The monoisotopic (exact) mass is 296 g/mol. The number of nitrogens with one attached hydrogen (secondary N) is 1. The zero-order valence-electron chi connectivity index (χ0n) is 12.5. The maximum Gasteiger partial charge on any atom is 0.307 e. The van der Waals surface area contributed by atoms with Crippen LogP contribution in [0.4, 0.5) is 5.82 Å². The van der Waals surface area contributed by atoms with Gasteiger partial charge in [0.2, 0.25) is 0 Å². The van der Waals surface area contributed by atoms with Crippen LogP contribution in [0.25, 0.3) is 0 Å². The molecule has 0 bridgehead atoms. The fourth-order valence-corrected chi connectivity index (χ4v) is 1.61. The number of rotatable bonds is 8. The molecule has 1 N–H and O–H groups in total. The molecular weight excluding hydrogens is 276 g/mol. The number of anilines is 1. The van der Waals surface area contributed by atoms with Crippen LogP contribution < -0.4 is 10.2 Å². The van der Waals surface area contributed by atoms with Crippen LogP contribution in [-0.2, 0) is 14.3 Å².